The molecular weight excluding hydrogens is 187 g/mol. The van der Waals surface area contributed by atoms with Crippen LogP contribution in [0.2, 0.25) is 0 Å². The zero-order valence-corrected chi connectivity index (χ0v) is 6.88. The van der Waals surface area contributed by atoms with Gasteiger partial charge in [0.05, 0.1) is 5.92 Å². The van der Waals surface area contributed by atoms with Crippen molar-refractivity contribution in [3.05, 3.63) is 10.1 Å². The average Bonchev–Trinajstić information content (AvgIpc) is 2.03. The summed E-state index contributed by atoms with van der Waals surface area (Å²) < 4.78 is 36.5. The Hall–Kier alpha value is -0.810. The molecular formula is C7H10F3NO2. The fourth-order valence-electron chi connectivity index (χ4n) is 1.65. The van der Waals surface area contributed by atoms with Crippen molar-refractivity contribution in [2.24, 2.45) is 5.92 Å². The number of rotatable bonds is 1. The van der Waals surface area contributed by atoms with E-state index in [1.807, 2.05) is 0 Å². The number of alkyl halides is 3. The van der Waals surface area contributed by atoms with Crippen molar-refractivity contribution in [1.82, 2.24) is 0 Å². The lowest BCUT2D eigenvalue weighted by atomic mass is 9.85. The van der Waals surface area contributed by atoms with Crippen molar-refractivity contribution in [3.63, 3.8) is 0 Å². The van der Waals surface area contributed by atoms with Gasteiger partial charge >= 0.3 is 6.18 Å². The van der Waals surface area contributed by atoms with Crippen molar-refractivity contribution in [1.29, 1.82) is 0 Å². The Labute approximate surface area is 73.1 Å². The topological polar surface area (TPSA) is 43.1 Å². The lowest BCUT2D eigenvalue weighted by molar-refractivity contribution is -0.530. The van der Waals surface area contributed by atoms with Crippen molar-refractivity contribution < 1.29 is 18.1 Å². The summed E-state index contributed by atoms with van der Waals surface area (Å²) in [4.78, 5) is 9.67. The van der Waals surface area contributed by atoms with Gasteiger partial charge in [-0.25, -0.2) is 0 Å². The largest absolute Gasteiger partial charge is 0.392 e. The molecule has 2 atom stereocenters. The minimum Gasteiger partial charge on any atom is -0.264 e. The molecule has 0 aromatic rings. The number of nitro groups is 1. The molecule has 0 aromatic heterocycles. The molecule has 1 saturated carbocycles. The first-order chi connectivity index (χ1) is 5.91. The number of hydrogen-bond donors (Lipinski definition) is 0. The van der Waals surface area contributed by atoms with Gasteiger partial charge in [-0.05, 0) is 12.8 Å². The minimum atomic E-state index is -4.27. The van der Waals surface area contributed by atoms with E-state index in [0.29, 0.717) is 6.42 Å². The summed E-state index contributed by atoms with van der Waals surface area (Å²) in [5, 5.41) is 10.3. The third-order valence-corrected chi connectivity index (χ3v) is 2.41. The molecule has 0 spiro atoms. The van der Waals surface area contributed by atoms with E-state index in [9.17, 15) is 23.3 Å². The Morgan fingerprint density at radius 2 is 1.92 bits per heavy atom. The Bertz CT molecular complexity index is 204. The predicted octanol–water partition coefficient (Wildman–Crippen LogP) is 2.38. The molecule has 6 heteroatoms. The second-order valence-electron chi connectivity index (χ2n) is 3.34. The highest BCUT2D eigenvalue weighted by molar-refractivity contribution is 4.77. The lowest BCUT2D eigenvalue weighted by Crippen LogP contribution is -2.34. The molecule has 0 radical (unpaired) electrons. The standard InChI is InChI=1S/C7H10F3NO2/c8-7(9,10)5-2-1-3-6(4-5)11(12)13/h5-6H,1-4H2. The molecule has 13 heavy (non-hydrogen) atoms. The van der Waals surface area contributed by atoms with Crippen molar-refractivity contribution >= 4 is 0 Å². The molecule has 76 valence electrons. The summed E-state index contributed by atoms with van der Waals surface area (Å²) >= 11 is 0. The number of nitrogens with zero attached hydrogens (tertiary/aromatic N) is 1. The fourth-order valence-corrected chi connectivity index (χ4v) is 1.65. The monoisotopic (exact) mass is 197 g/mol. The smallest absolute Gasteiger partial charge is 0.264 e. The van der Waals surface area contributed by atoms with Crippen LogP contribution >= 0.6 is 0 Å². The summed E-state index contributed by atoms with van der Waals surface area (Å²) in [6.07, 6.45) is -4.01. The Kier molecular flexibility index (Phi) is 2.77. The van der Waals surface area contributed by atoms with E-state index in [-0.39, 0.29) is 19.3 Å². The molecule has 2 unspecified atom stereocenters. The maximum absolute atomic E-state index is 12.2. The van der Waals surface area contributed by atoms with E-state index < -0.39 is 23.1 Å². The van der Waals surface area contributed by atoms with E-state index in [2.05, 4.69) is 0 Å². The third-order valence-electron chi connectivity index (χ3n) is 2.41. The first kappa shape index (κ1) is 10.3. The number of halogens is 3. The van der Waals surface area contributed by atoms with Gasteiger partial charge in [0.25, 0.3) is 0 Å². The second kappa shape index (κ2) is 3.51. The van der Waals surface area contributed by atoms with Gasteiger partial charge in [0.15, 0.2) is 0 Å². The maximum atomic E-state index is 12.2. The second-order valence-corrected chi connectivity index (χ2v) is 3.34. The summed E-state index contributed by atoms with van der Waals surface area (Å²) in [7, 11) is 0. The van der Waals surface area contributed by atoms with E-state index in [1.165, 1.54) is 0 Å². The summed E-state index contributed by atoms with van der Waals surface area (Å²) in [5.41, 5.74) is 0. The maximum Gasteiger partial charge on any atom is 0.392 e. The molecule has 0 saturated heterocycles. The zero-order chi connectivity index (χ0) is 10.1. The van der Waals surface area contributed by atoms with Gasteiger partial charge in [0.2, 0.25) is 6.04 Å². The van der Waals surface area contributed by atoms with Gasteiger partial charge in [0, 0.05) is 17.8 Å². The quantitative estimate of drug-likeness (QED) is 0.478. The van der Waals surface area contributed by atoms with E-state index in [4.69, 9.17) is 0 Å². The van der Waals surface area contributed by atoms with E-state index in [0.717, 1.165) is 0 Å². The van der Waals surface area contributed by atoms with Gasteiger partial charge in [-0.15, -0.1) is 0 Å². The Morgan fingerprint density at radius 3 is 2.38 bits per heavy atom. The fraction of sp³-hybridized carbons (Fsp3) is 1.00. The van der Waals surface area contributed by atoms with Crippen molar-refractivity contribution in [2.45, 2.75) is 37.9 Å². The first-order valence-corrected chi connectivity index (χ1v) is 4.11. The van der Waals surface area contributed by atoms with Crippen molar-refractivity contribution in [3.8, 4) is 0 Å². The van der Waals surface area contributed by atoms with Crippen LogP contribution in [0.25, 0.3) is 0 Å². The molecule has 0 bridgehead atoms. The molecule has 1 aliphatic rings. The Balaban J connectivity index is 2.57. The SMILES string of the molecule is O=[N+]([O-])C1CCCC(C(F)(F)F)C1. The van der Waals surface area contributed by atoms with Gasteiger partial charge in [-0.2, -0.15) is 13.2 Å². The van der Waals surface area contributed by atoms with Crippen LogP contribution in [-0.4, -0.2) is 17.1 Å². The molecule has 3 nitrogen and oxygen atoms in total. The third kappa shape index (κ3) is 2.57. The van der Waals surface area contributed by atoms with Gasteiger partial charge in [-0.3, -0.25) is 10.1 Å². The molecule has 1 aliphatic carbocycles. The van der Waals surface area contributed by atoms with Crippen LogP contribution in [0.4, 0.5) is 13.2 Å². The van der Waals surface area contributed by atoms with E-state index in [1.54, 1.807) is 0 Å². The van der Waals surface area contributed by atoms with Crippen molar-refractivity contribution in [2.75, 3.05) is 0 Å². The highest BCUT2D eigenvalue weighted by Gasteiger charge is 2.45. The summed E-state index contributed by atoms with van der Waals surface area (Å²) in [6.45, 7) is 0. The van der Waals surface area contributed by atoms with Crippen LogP contribution < -0.4 is 0 Å². The highest BCUT2D eigenvalue weighted by atomic mass is 19.4. The van der Waals surface area contributed by atoms with Crippen LogP contribution in [-0.2, 0) is 0 Å². The average molecular weight is 197 g/mol. The summed E-state index contributed by atoms with van der Waals surface area (Å²) in [6, 6.07) is -1.000. The molecule has 1 rings (SSSR count). The van der Waals surface area contributed by atoms with Gasteiger partial charge in [0.1, 0.15) is 0 Å². The minimum absolute atomic E-state index is 0.0356. The van der Waals surface area contributed by atoms with Crippen LogP contribution in [0.5, 0.6) is 0 Å². The zero-order valence-electron chi connectivity index (χ0n) is 6.88. The van der Waals surface area contributed by atoms with Gasteiger partial charge < -0.3 is 0 Å². The lowest BCUT2D eigenvalue weighted by Gasteiger charge is -2.25. The molecule has 0 amide bonds. The van der Waals surface area contributed by atoms with Gasteiger partial charge in [-0.1, -0.05) is 0 Å². The molecule has 0 aliphatic heterocycles. The molecule has 0 aromatic carbocycles. The van der Waals surface area contributed by atoms with Crippen LogP contribution in [0.15, 0.2) is 0 Å². The van der Waals surface area contributed by atoms with Crippen LogP contribution in [0, 0.1) is 16.0 Å². The summed E-state index contributed by atoms with van der Waals surface area (Å²) in [5.74, 6) is -1.48. The number of hydrogen-bond acceptors (Lipinski definition) is 2. The Morgan fingerprint density at radius 1 is 1.31 bits per heavy atom. The molecule has 1 fully saturated rings. The first-order valence-electron chi connectivity index (χ1n) is 4.11. The molecule has 0 N–H and O–H groups in total. The predicted molar refractivity (Wildman–Crippen MR) is 38.8 cm³/mol. The van der Waals surface area contributed by atoms with Crippen LogP contribution in [0.3, 0.4) is 0 Å². The molecule has 0 heterocycles. The normalized spacial score (nSPS) is 30.1. The van der Waals surface area contributed by atoms with Crippen LogP contribution in [0.1, 0.15) is 25.7 Å². The van der Waals surface area contributed by atoms with E-state index >= 15 is 0 Å². The highest BCUT2D eigenvalue weighted by Crippen LogP contribution is 2.38.